The van der Waals surface area contributed by atoms with Crippen LogP contribution in [0.1, 0.15) is 28.8 Å². The third kappa shape index (κ3) is 1.96. The molecule has 1 aromatic heterocycles. The van der Waals surface area contributed by atoms with Gasteiger partial charge >= 0.3 is 0 Å². The quantitative estimate of drug-likeness (QED) is 0.814. The summed E-state index contributed by atoms with van der Waals surface area (Å²) in [4.78, 5) is 15.4. The van der Waals surface area contributed by atoms with Gasteiger partial charge < -0.3 is 10.1 Å². The van der Waals surface area contributed by atoms with E-state index in [1.54, 1.807) is 0 Å². The highest BCUT2D eigenvalue weighted by Crippen LogP contribution is 2.29. The minimum Gasteiger partial charge on any atom is -0.487 e. The van der Waals surface area contributed by atoms with Crippen molar-refractivity contribution in [3.8, 4) is 11.8 Å². The summed E-state index contributed by atoms with van der Waals surface area (Å²) < 4.78 is 5.52. The lowest BCUT2D eigenvalue weighted by Crippen LogP contribution is -2.19. The lowest BCUT2D eigenvalue weighted by molar-refractivity contribution is 0.0962. The summed E-state index contributed by atoms with van der Waals surface area (Å²) in [5.74, 6) is 0.0661. The summed E-state index contributed by atoms with van der Waals surface area (Å²) in [5.41, 5.74) is 0.504. The van der Waals surface area contributed by atoms with Crippen molar-refractivity contribution in [1.29, 1.82) is 5.26 Å². The number of carbonyl (C=O) groups excluding carboxylic acids is 1. The molecule has 0 saturated heterocycles. The van der Waals surface area contributed by atoms with Crippen LogP contribution in [0, 0.1) is 11.3 Å². The van der Waals surface area contributed by atoms with Gasteiger partial charge in [0.1, 0.15) is 11.6 Å². The second-order valence-corrected chi connectivity index (χ2v) is 3.57. The minimum absolute atomic E-state index is 0.175. The molecule has 0 atom stereocenters. The lowest BCUT2D eigenvalue weighted by Gasteiger charge is -2.08. The number of aromatic nitrogens is 1. The maximum atomic E-state index is 11.5. The summed E-state index contributed by atoms with van der Waals surface area (Å²) in [7, 11) is 1.51. The molecule has 0 aliphatic heterocycles. The Morgan fingerprint density at radius 2 is 2.38 bits per heavy atom. The van der Waals surface area contributed by atoms with Gasteiger partial charge in [0.15, 0.2) is 5.75 Å². The fraction of sp³-hybridized carbons (Fsp3) is 0.364. The van der Waals surface area contributed by atoms with E-state index in [0.29, 0.717) is 5.75 Å². The van der Waals surface area contributed by atoms with Crippen molar-refractivity contribution < 1.29 is 9.53 Å². The number of pyridine rings is 1. The van der Waals surface area contributed by atoms with Gasteiger partial charge in [-0.3, -0.25) is 9.78 Å². The highest BCUT2D eigenvalue weighted by molar-refractivity contribution is 5.96. The number of nitriles is 1. The van der Waals surface area contributed by atoms with E-state index in [1.165, 1.54) is 19.4 Å². The van der Waals surface area contributed by atoms with Crippen LogP contribution in [0.5, 0.6) is 5.75 Å². The molecule has 0 aromatic carbocycles. The number of nitrogens with zero attached hydrogens (tertiary/aromatic N) is 2. The van der Waals surface area contributed by atoms with Crippen LogP contribution < -0.4 is 10.1 Å². The predicted octanol–water partition coefficient (Wildman–Crippen LogP) is 0.854. The molecule has 0 radical (unpaired) electrons. The van der Waals surface area contributed by atoms with Gasteiger partial charge in [0.25, 0.3) is 5.91 Å². The Labute approximate surface area is 93.1 Å². The highest BCUT2D eigenvalue weighted by atomic mass is 16.5. The Morgan fingerprint density at radius 3 is 2.94 bits per heavy atom. The summed E-state index contributed by atoms with van der Waals surface area (Å²) in [6, 6.07) is 1.99. The monoisotopic (exact) mass is 217 g/mol. The van der Waals surface area contributed by atoms with Crippen LogP contribution in [0.2, 0.25) is 0 Å². The number of hydrogen-bond donors (Lipinski definition) is 1. The topological polar surface area (TPSA) is 75.0 Å². The maximum Gasteiger partial charge on any atom is 0.254 e. The van der Waals surface area contributed by atoms with Crippen LogP contribution >= 0.6 is 0 Å². The SMILES string of the molecule is CNC(=O)c1cncc(OC2CC2)c1C#N. The van der Waals surface area contributed by atoms with Crippen LogP contribution in [0.4, 0.5) is 0 Å². The highest BCUT2D eigenvalue weighted by Gasteiger charge is 2.26. The van der Waals surface area contributed by atoms with E-state index in [0.717, 1.165) is 12.8 Å². The van der Waals surface area contributed by atoms with Gasteiger partial charge in [-0.05, 0) is 12.8 Å². The first-order chi connectivity index (χ1) is 7.76. The van der Waals surface area contributed by atoms with Crippen molar-refractivity contribution in [3.05, 3.63) is 23.5 Å². The van der Waals surface area contributed by atoms with E-state index >= 15 is 0 Å². The second-order valence-electron chi connectivity index (χ2n) is 3.57. The van der Waals surface area contributed by atoms with Crippen LogP contribution in [0.3, 0.4) is 0 Å². The van der Waals surface area contributed by atoms with Gasteiger partial charge in [0.2, 0.25) is 0 Å². The maximum absolute atomic E-state index is 11.5. The number of amides is 1. The summed E-state index contributed by atoms with van der Waals surface area (Å²) in [6.45, 7) is 0. The van der Waals surface area contributed by atoms with Gasteiger partial charge in [-0.25, -0.2) is 0 Å². The molecule has 5 heteroatoms. The molecule has 1 amide bonds. The summed E-state index contributed by atoms with van der Waals surface area (Å²) in [5, 5.41) is 11.5. The molecular weight excluding hydrogens is 206 g/mol. The van der Waals surface area contributed by atoms with E-state index in [4.69, 9.17) is 10.00 Å². The smallest absolute Gasteiger partial charge is 0.254 e. The molecule has 16 heavy (non-hydrogen) atoms. The molecule has 2 rings (SSSR count). The zero-order valence-corrected chi connectivity index (χ0v) is 8.86. The standard InChI is InChI=1S/C11H11N3O2/c1-13-11(15)9-5-14-6-10(8(9)4-12)16-7-2-3-7/h5-7H,2-3H2,1H3,(H,13,15). The van der Waals surface area contributed by atoms with Gasteiger partial charge in [-0.2, -0.15) is 5.26 Å². The Kier molecular flexibility index (Phi) is 2.73. The summed E-state index contributed by atoms with van der Waals surface area (Å²) in [6.07, 6.45) is 5.01. The van der Waals surface area contributed by atoms with Crippen LogP contribution in [-0.4, -0.2) is 24.0 Å². The average Bonchev–Trinajstić information content (AvgIpc) is 3.11. The first-order valence-corrected chi connectivity index (χ1v) is 5.03. The van der Waals surface area contributed by atoms with E-state index in [-0.39, 0.29) is 23.1 Å². The molecule has 0 spiro atoms. The van der Waals surface area contributed by atoms with Gasteiger partial charge in [-0.1, -0.05) is 0 Å². The number of rotatable bonds is 3. The van der Waals surface area contributed by atoms with Crippen LogP contribution in [0.25, 0.3) is 0 Å². The van der Waals surface area contributed by atoms with E-state index in [2.05, 4.69) is 10.3 Å². The zero-order valence-electron chi connectivity index (χ0n) is 8.86. The Morgan fingerprint density at radius 1 is 1.62 bits per heavy atom. The number of ether oxygens (including phenoxy) is 1. The van der Waals surface area contributed by atoms with Gasteiger partial charge in [0, 0.05) is 13.2 Å². The molecule has 1 aromatic rings. The van der Waals surface area contributed by atoms with Crippen LogP contribution in [-0.2, 0) is 0 Å². The van der Waals surface area contributed by atoms with Crippen molar-refractivity contribution in [2.75, 3.05) is 7.05 Å². The van der Waals surface area contributed by atoms with Gasteiger partial charge in [0.05, 0.1) is 17.9 Å². The molecule has 1 aliphatic carbocycles. The van der Waals surface area contributed by atoms with E-state index in [1.807, 2.05) is 6.07 Å². The summed E-state index contributed by atoms with van der Waals surface area (Å²) >= 11 is 0. The third-order valence-corrected chi connectivity index (χ3v) is 2.31. The molecule has 0 bridgehead atoms. The van der Waals surface area contributed by atoms with Crippen molar-refractivity contribution in [2.45, 2.75) is 18.9 Å². The lowest BCUT2D eigenvalue weighted by atomic mass is 10.1. The zero-order chi connectivity index (χ0) is 11.5. The largest absolute Gasteiger partial charge is 0.487 e. The third-order valence-electron chi connectivity index (χ3n) is 2.31. The molecule has 1 aliphatic rings. The molecule has 1 saturated carbocycles. The normalized spacial score (nSPS) is 14.0. The molecule has 1 heterocycles. The van der Waals surface area contributed by atoms with Crippen molar-refractivity contribution in [2.24, 2.45) is 0 Å². The Bertz CT molecular complexity index is 461. The number of carbonyl (C=O) groups is 1. The molecule has 82 valence electrons. The first kappa shape index (κ1) is 10.4. The second kappa shape index (κ2) is 4.19. The fourth-order valence-electron chi connectivity index (χ4n) is 1.32. The molecule has 0 unspecified atom stereocenters. The molecule has 5 nitrogen and oxygen atoms in total. The van der Waals surface area contributed by atoms with Crippen molar-refractivity contribution in [3.63, 3.8) is 0 Å². The van der Waals surface area contributed by atoms with Crippen LogP contribution in [0.15, 0.2) is 12.4 Å². The first-order valence-electron chi connectivity index (χ1n) is 5.03. The molecule has 1 N–H and O–H groups in total. The minimum atomic E-state index is -0.328. The Balaban J connectivity index is 2.37. The number of hydrogen-bond acceptors (Lipinski definition) is 4. The Hall–Kier alpha value is -2.09. The molecular formula is C11H11N3O2. The van der Waals surface area contributed by atoms with E-state index < -0.39 is 0 Å². The van der Waals surface area contributed by atoms with E-state index in [9.17, 15) is 4.79 Å². The number of nitrogens with one attached hydrogen (secondary N) is 1. The predicted molar refractivity (Wildman–Crippen MR) is 56.0 cm³/mol. The fourth-order valence-corrected chi connectivity index (χ4v) is 1.32. The van der Waals surface area contributed by atoms with Crippen molar-refractivity contribution >= 4 is 5.91 Å². The molecule has 1 fully saturated rings. The van der Waals surface area contributed by atoms with Gasteiger partial charge in [-0.15, -0.1) is 0 Å². The average molecular weight is 217 g/mol. The van der Waals surface area contributed by atoms with Crippen molar-refractivity contribution in [1.82, 2.24) is 10.3 Å².